The van der Waals surface area contributed by atoms with Crippen LogP contribution in [0.4, 0.5) is 0 Å². The molecule has 1 amide bonds. The Labute approximate surface area is 124 Å². The van der Waals surface area contributed by atoms with Crippen LogP contribution in [0.1, 0.15) is 35.5 Å². The lowest BCUT2D eigenvalue weighted by molar-refractivity contribution is 0.0925. The van der Waals surface area contributed by atoms with Crippen LogP contribution >= 0.6 is 0 Å². The van der Waals surface area contributed by atoms with Gasteiger partial charge in [0, 0.05) is 5.69 Å². The Morgan fingerprint density at radius 3 is 2.90 bits per heavy atom. The Morgan fingerprint density at radius 1 is 1.43 bits per heavy atom. The summed E-state index contributed by atoms with van der Waals surface area (Å²) >= 11 is 0. The van der Waals surface area contributed by atoms with Gasteiger partial charge in [0.15, 0.2) is 0 Å². The van der Waals surface area contributed by atoms with E-state index >= 15 is 0 Å². The van der Waals surface area contributed by atoms with Crippen molar-refractivity contribution in [2.75, 3.05) is 6.61 Å². The quantitative estimate of drug-likeness (QED) is 0.857. The smallest absolute Gasteiger partial charge is 0.255 e. The Balaban J connectivity index is 1.89. The molecule has 1 aromatic carbocycles. The van der Waals surface area contributed by atoms with Crippen LogP contribution in [-0.2, 0) is 6.42 Å². The number of ether oxygens (including phenoxy) is 1. The van der Waals surface area contributed by atoms with Gasteiger partial charge in [0.2, 0.25) is 0 Å². The first-order valence-corrected chi connectivity index (χ1v) is 7.13. The zero-order valence-corrected chi connectivity index (χ0v) is 12.6. The van der Waals surface area contributed by atoms with E-state index in [0.29, 0.717) is 12.2 Å². The second-order valence-electron chi connectivity index (χ2n) is 5.07. The number of aryl methyl sites for hydroxylation is 2. The van der Waals surface area contributed by atoms with Crippen LogP contribution in [0.3, 0.4) is 0 Å². The minimum absolute atomic E-state index is 0.0864. The molecule has 0 aliphatic rings. The number of benzene rings is 1. The van der Waals surface area contributed by atoms with Crippen molar-refractivity contribution in [3.8, 4) is 5.75 Å². The highest BCUT2D eigenvalue weighted by molar-refractivity contribution is 5.95. The maximum absolute atomic E-state index is 12.1. The summed E-state index contributed by atoms with van der Waals surface area (Å²) in [6.45, 7) is 6.32. The Kier molecular flexibility index (Phi) is 4.98. The predicted molar refractivity (Wildman–Crippen MR) is 81.6 cm³/mol. The van der Waals surface area contributed by atoms with Crippen molar-refractivity contribution in [2.24, 2.45) is 0 Å². The molecule has 0 aliphatic heterocycles. The molecule has 112 valence electrons. The third kappa shape index (κ3) is 3.84. The number of nitrogens with one attached hydrogen (secondary N) is 2. The average molecular weight is 287 g/mol. The molecule has 0 fully saturated rings. The molecule has 1 heterocycles. The molecule has 2 rings (SSSR count). The standard InChI is InChI=1S/C16H21N3O2/c1-4-14-13(9-17-19-14)16(20)18-12(3)10-21-15-8-6-5-7-11(15)2/h5-9,12H,4,10H2,1-3H3,(H,17,19)(H,18,20)/t12-/m0/s1. The summed E-state index contributed by atoms with van der Waals surface area (Å²) in [6.07, 6.45) is 2.31. The van der Waals surface area contributed by atoms with E-state index in [1.807, 2.05) is 45.0 Å². The van der Waals surface area contributed by atoms with Gasteiger partial charge >= 0.3 is 0 Å². The number of carbonyl (C=O) groups is 1. The van der Waals surface area contributed by atoms with Gasteiger partial charge in [-0.1, -0.05) is 25.1 Å². The van der Waals surface area contributed by atoms with E-state index in [9.17, 15) is 4.79 Å². The lowest BCUT2D eigenvalue weighted by Gasteiger charge is -2.16. The normalized spacial score (nSPS) is 12.0. The van der Waals surface area contributed by atoms with Gasteiger partial charge < -0.3 is 10.1 Å². The summed E-state index contributed by atoms with van der Waals surface area (Å²) in [5.74, 6) is 0.720. The molecule has 0 radical (unpaired) electrons. The van der Waals surface area contributed by atoms with E-state index in [2.05, 4.69) is 15.5 Å². The first kappa shape index (κ1) is 15.1. The highest BCUT2D eigenvalue weighted by Gasteiger charge is 2.15. The van der Waals surface area contributed by atoms with Crippen molar-refractivity contribution < 1.29 is 9.53 Å². The van der Waals surface area contributed by atoms with Crippen LogP contribution in [0, 0.1) is 6.92 Å². The summed E-state index contributed by atoms with van der Waals surface area (Å²) in [7, 11) is 0. The van der Waals surface area contributed by atoms with Crippen molar-refractivity contribution in [3.05, 3.63) is 47.3 Å². The van der Waals surface area contributed by atoms with Crippen LogP contribution in [-0.4, -0.2) is 28.8 Å². The van der Waals surface area contributed by atoms with Gasteiger partial charge in [-0.3, -0.25) is 9.89 Å². The fraction of sp³-hybridized carbons (Fsp3) is 0.375. The fourth-order valence-corrected chi connectivity index (χ4v) is 2.05. The molecule has 5 heteroatoms. The van der Waals surface area contributed by atoms with Gasteiger partial charge in [-0.2, -0.15) is 5.10 Å². The van der Waals surface area contributed by atoms with Crippen molar-refractivity contribution in [2.45, 2.75) is 33.2 Å². The van der Waals surface area contributed by atoms with Crippen LogP contribution in [0.25, 0.3) is 0 Å². The molecule has 0 saturated carbocycles. The molecule has 0 spiro atoms. The maximum Gasteiger partial charge on any atom is 0.255 e. The predicted octanol–water partition coefficient (Wildman–Crippen LogP) is 2.48. The van der Waals surface area contributed by atoms with E-state index in [1.54, 1.807) is 6.20 Å². The SMILES string of the molecule is CCc1[nH]ncc1C(=O)N[C@@H](C)COc1ccccc1C. The minimum Gasteiger partial charge on any atom is -0.491 e. The number of hydrogen-bond donors (Lipinski definition) is 2. The van der Waals surface area contributed by atoms with E-state index < -0.39 is 0 Å². The summed E-state index contributed by atoms with van der Waals surface area (Å²) < 4.78 is 5.74. The van der Waals surface area contributed by atoms with Crippen molar-refractivity contribution in [1.82, 2.24) is 15.5 Å². The highest BCUT2D eigenvalue weighted by atomic mass is 16.5. The number of H-pyrrole nitrogens is 1. The molecular weight excluding hydrogens is 266 g/mol. The molecule has 2 aromatic rings. The second kappa shape index (κ2) is 6.92. The Morgan fingerprint density at radius 2 is 2.19 bits per heavy atom. The molecule has 5 nitrogen and oxygen atoms in total. The van der Waals surface area contributed by atoms with E-state index in [1.165, 1.54) is 0 Å². The molecule has 0 saturated heterocycles. The second-order valence-corrected chi connectivity index (χ2v) is 5.07. The summed E-state index contributed by atoms with van der Waals surface area (Å²) in [6, 6.07) is 7.74. The fourth-order valence-electron chi connectivity index (χ4n) is 2.05. The summed E-state index contributed by atoms with van der Waals surface area (Å²) in [5, 5.41) is 9.67. The third-order valence-corrected chi connectivity index (χ3v) is 3.28. The molecule has 0 bridgehead atoms. The van der Waals surface area contributed by atoms with Gasteiger partial charge in [-0.05, 0) is 31.9 Å². The molecule has 1 atom stereocenters. The number of aromatic nitrogens is 2. The number of para-hydroxylation sites is 1. The molecular formula is C16H21N3O2. The summed E-state index contributed by atoms with van der Waals surface area (Å²) in [4.78, 5) is 12.1. The maximum atomic E-state index is 12.1. The van der Waals surface area contributed by atoms with Crippen molar-refractivity contribution >= 4 is 5.91 Å². The zero-order chi connectivity index (χ0) is 15.2. The molecule has 21 heavy (non-hydrogen) atoms. The zero-order valence-electron chi connectivity index (χ0n) is 12.6. The Hall–Kier alpha value is -2.30. The molecule has 0 unspecified atom stereocenters. The van der Waals surface area contributed by atoms with Crippen LogP contribution < -0.4 is 10.1 Å². The first-order valence-electron chi connectivity index (χ1n) is 7.13. The summed E-state index contributed by atoms with van der Waals surface area (Å²) in [5.41, 5.74) is 2.53. The number of rotatable bonds is 6. The molecule has 0 aliphatic carbocycles. The number of hydrogen-bond acceptors (Lipinski definition) is 3. The van der Waals surface area contributed by atoms with E-state index in [4.69, 9.17) is 4.74 Å². The topological polar surface area (TPSA) is 67.0 Å². The van der Waals surface area contributed by atoms with Crippen molar-refractivity contribution in [3.63, 3.8) is 0 Å². The van der Waals surface area contributed by atoms with Gasteiger partial charge in [0.1, 0.15) is 12.4 Å². The number of amides is 1. The number of nitrogens with zero attached hydrogens (tertiary/aromatic N) is 1. The molecule has 1 aromatic heterocycles. The van der Waals surface area contributed by atoms with Crippen LogP contribution in [0.5, 0.6) is 5.75 Å². The first-order chi connectivity index (χ1) is 10.1. The van der Waals surface area contributed by atoms with Crippen molar-refractivity contribution in [1.29, 1.82) is 0 Å². The van der Waals surface area contributed by atoms with Crippen LogP contribution in [0.2, 0.25) is 0 Å². The third-order valence-electron chi connectivity index (χ3n) is 3.28. The van der Waals surface area contributed by atoms with Crippen LogP contribution in [0.15, 0.2) is 30.5 Å². The van der Waals surface area contributed by atoms with Gasteiger partial charge in [-0.25, -0.2) is 0 Å². The van der Waals surface area contributed by atoms with Gasteiger partial charge in [0.25, 0.3) is 5.91 Å². The van der Waals surface area contributed by atoms with Gasteiger partial charge in [0.05, 0.1) is 17.8 Å². The lowest BCUT2D eigenvalue weighted by Crippen LogP contribution is -2.37. The number of carbonyl (C=O) groups excluding carboxylic acids is 1. The average Bonchev–Trinajstić information content (AvgIpc) is 2.95. The molecule has 2 N–H and O–H groups in total. The number of aromatic amines is 1. The van der Waals surface area contributed by atoms with E-state index in [-0.39, 0.29) is 11.9 Å². The largest absolute Gasteiger partial charge is 0.491 e. The minimum atomic E-state index is -0.124. The van der Waals surface area contributed by atoms with E-state index in [0.717, 1.165) is 23.4 Å². The monoisotopic (exact) mass is 287 g/mol. The lowest BCUT2D eigenvalue weighted by atomic mass is 10.2. The Bertz CT molecular complexity index is 607. The highest BCUT2D eigenvalue weighted by Crippen LogP contribution is 2.16. The van der Waals surface area contributed by atoms with Gasteiger partial charge in [-0.15, -0.1) is 0 Å².